The first-order valence-electron chi connectivity index (χ1n) is 13.1. The standard InChI is InChI=1S/C26H39N3O4S/c1-25-11-10-20(31)26(2,14-30)19(25)13-18-22(17(25)12-21(32)27-16-8-3-4-9-16)28-24(34-18)29-23(33)15-6-5-7-15/h15-17,19-20,30-31H,3-14H2,1-2H3,(H,27,32)(H,28,29,33)/t17-,19+,20-,25+,26+/m1/s1. The van der Waals surface area contributed by atoms with Crippen LogP contribution >= 0.6 is 11.3 Å². The van der Waals surface area contributed by atoms with Gasteiger partial charge in [0.05, 0.1) is 18.4 Å². The Morgan fingerprint density at radius 1 is 1.12 bits per heavy atom. The summed E-state index contributed by atoms with van der Waals surface area (Å²) in [5, 5.41) is 28.2. The van der Waals surface area contributed by atoms with Crippen molar-refractivity contribution >= 4 is 28.3 Å². The highest BCUT2D eigenvalue weighted by Gasteiger charge is 2.59. The molecule has 188 valence electrons. The van der Waals surface area contributed by atoms with Crippen LogP contribution in [-0.2, 0) is 16.0 Å². The highest BCUT2D eigenvalue weighted by Crippen LogP contribution is 2.62. The van der Waals surface area contributed by atoms with Gasteiger partial charge in [0, 0.05) is 34.6 Å². The molecule has 1 aromatic rings. The van der Waals surface area contributed by atoms with E-state index in [2.05, 4.69) is 17.6 Å². The number of hydrogen-bond donors (Lipinski definition) is 4. The number of carbonyl (C=O) groups excluding carboxylic acids is 2. The van der Waals surface area contributed by atoms with Crippen molar-refractivity contribution in [3.63, 3.8) is 0 Å². The van der Waals surface area contributed by atoms with E-state index in [9.17, 15) is 19.8 Å². The van der Waals surface area contributed by atoms with Gasteiger partial charge in [0.15, 0.2) is 5.13 Å². The average molecular weight is 490 g/mol. The van der Waals surface area contributed by atoms with E-state index in [1.165, 1.54) is 24.2 Å². The Labute approximate surface area is 206 Å². The number of hydrogen-bond acceptors (Lipinski definition) is 6. The molecule has 7 nitrogen and oxygen atoms in total. The SMILES string of the molecule is C[C@]1(CO)[C@H]2Cc3sc(NC(=O)C4CCC4)nc3[C@@H](CC(=O)NC3CCCC3)[C@]2(C)CC[C@H]1O. The third-order valence-corrected chi connectivity index (χ3v) is 10.7. The molecular formula is C26H39N3O4S. The Balaban J connectivity index is 1.46. The van der Waals surface area contributed by atoms with Crippen LogP contribution in [-0.4, -0.2) is 45.8 Å². The van der Waals surface area contributed by atoms with Gasteiger partial charge >= 0.3 is 0 Å². The van der Waals surface area contributed by atoms with Gasteiger partial charge in [-0.15, -0.1) is 11.3 Å². The minimum absolute atomic E-state index is 0.0289. The Morgan fingerprint density at radius 3 is 2.50 bits per heavy atom. The first kappa shape index (κ1) is 24.2. The van der Waals surface area contributed by atoms with Crippen LogP contribution < -0.4 is 10.6 Å². The summed E-state index contributed by atoms with van der Waals surface area (Å²) in [4.78, 5) is 31.8. The molecule has 4 aliphatic carbocycles. The van der Waals surface area contributed by atoms with E-state index in [0.29, 0.717) is 24.4 Å². The summed E-state index contributed by atoms with van der Waals surface area (Å²) in [6.07, 6.45) is 9.29. The van der Waals surface area contributed by atoms with Crippen molar-refractivity contribution in [1.82, 2.24) is 10.3 Å². The molecule has 0 aromatic carbocycles. The van der Waals surface area contributed by atoms with Gasteiger partial charge in [-0.3, -0.25) is 9.59 Å². The highest BCUT2D eigenvalue weighted by molar-refractivity contribution is 7.15. The zero-order chi connectivity index (χ0) is 24.1. The highest BCUT2D eigenvalue weighted by atomic mass is 32.1. The molecule has 0 radical (unpaired) electrons. The van der Waals surface area contributed by atoms with E-state index in [-0.39, 0.29) is 47.6 Å². The second-order valence-corrected chi connectivity index (χ2v) is 12.8. The summed E-state index contributed by atoms with van der Waals surface area (Å²) in [5.74, 6) is 0.122. The molecule has 34 heavy (non-hydrogen) atoms. The molecule has 0 saturated heterocycles. The van der Waals surface area contributed by atoms with Crippen molar-refractivity contribution in [2.75, 3.05) is 11.9 Å². The number of anilines is 1. The van der Waals surface area contributed by atoms with E-state index in [1.807, 2.05) is 6.92 Å². The van der Waals surface area contributed by atoms with Gasteiger partial charge in [-0.05, 0) is 56.3 Å². The number of thiazole rings is 1. The monoisotopic (exact) mass is 489 g/mol. The molecule has 4 aliphatic rings. The molecular weight excluding hydrogens is 450 g/mol. The average Bonchev–Trinajstić information content (AvgIpc) is 3.40. The lowest BCUT2D eigenvalue weighted by Crippen LogP contribution is -2.57. The van der Waals surface area contributed by atoms with Crippen molar-refractivity contribution in [3.8, 4) is 0 Å². The molecule has 3 fully saturated rings. The summed E-state index contributed by atoms with van der Waals surface area (Å²) in [7, 11) is 0. The minimum Gasteiger partial charge on any atom is -0.396 e. The fraction of sp³-hybridized carbons (Fsp3) is 0.808. The molecule has 3 saturated carbocycles. The summed E-state index contributed by atoms with van der Waals surface area (Å²) < 4.78 is 0. The van der Waals surface area contributed by atoms with Gasteiger partial charge in [0.2, 0.25) is 11.8 Å². The number of aromatic nitrogens is 1. The Bertz CT molecular complexity index is 940. The Morgan fingerprint density at radius 2 is 1.85 bits per heavy atom. The summed E-state index contributed by atoms with van der Waals surface area (Å²) in [6.45, 7) is 4.12. The minimum atomic E-state index is -0.635. The van der Waals surface area contributed by atoms with Gasteiger partial charge in [-0.1, -0.05) is 33.1 Å². The lowest BCUT2D eigenvalue weighted by molar-refractivity contribution is -0.144. The molecule has 0 aliphatic heterocycles. The molecule has 0 unspecified atom stereocenters. The topological polar surface area (TPSA) is 112 Å². The number of carbonyl (C=O) groups is 2. The van der Waals surface area contributed by atoms with Gasteiger partial charge in [-0.2, -0.15) is 0 Å². The number of fused-ring (bicyclic) bond motifs is 2. The molecule has 5 rings (SSSR count). The van der Waals surface area contributed by atoms with Crippen LogP contribution in [0.4, 0.5) is 5.13 Å². The van der Waals surface area contributed by atoms with E-state index >= 15 is 0 Å². The van der Waals surface area contributed by atoms with Gasteiger partial charge < -0.3 is 20.8 Å². The Hall–Kier alpha value is -1.51. The fourth-order valence-corrected chi connectivity index (χ4v) is 8.19. The number of amides is 2. The zero-order valence-electron chi connectivity index (χ0n) is 20.4. The van der Waals surface area contributed by atoms with Crippen LogP contribution in [0.5, 0.6) is 0 Å². The second kappa shape index (κ2) is 9.17. The van der Waals surface area contributed by atoms with Crippen LogP contribution in [0.3, 0.4) is 0 Å². The quantitative estimate of drug-likeness (QED) is 0.486. The molecule has 0 bridgehead atoms. The smallest absolute Gasteiger partial charge is 0.229 e. The third kappa shape index (κ3) is 4.09. The van der Waals surface area contributed by atoms with Crippen molar-refractivity contribution in [1.29, 1.82) is 0 Å². The van der Waals surface area contributed by atoms with E-state index in [1.54, 1.807) is 0 Å². The van der Waals surface area contributed by atoms with Gasteiger partial charge in [-0.25, -0.2) is 4.98 Å². The number of aliphatic hydroxyl groups excluding tert-OH is 2. The normalized spacial score (nSPS) is 35.8. The Kier molecular flexibility index (Phi) is 6.53. The molecule has 4 N–H and O–H groups in total. The summed E-state index contributed by atoms with van der Waals surface area (Å²) >= 11 is 1.51. The van der Waals surface area contributed by atoms with Crippen molar-refractivity contribution in [2.45, 2.75) is 103 Å². The lowest BCUT2D eigenvalue weighted by Gasteiger charge is -2.58. The number of nitrogens with zero attached hydrogens (tertiary/aromatic N) is 1. The maximum absolute atomic E-state index is 13.2. The third-order valence-electron chi connectivity index (χ3n) is 9.71. The van der Waals surface area contributed by atoms with Crippen molar-refractivity contribution < 1.29 is 19.8 Å². The predicted octanol–water partition coefficient (Wildman–Crippen LogP) is 3.75. The van der Waals surface area contributed by atoms with Gasteiger partial charge in [0.25, 0.3) is 0 Å². The lowest BCUT2D eigenvalue weighted by atomic mass is 9.47. The van der Waals surface area contributed by atoms with Crippen molar-refractivity contribution in [2.24, 2.45) is 22.7 Å². The summed E-state index contributed by atoms with van der Waals surface area (Å²) in [5.41, 5.74) is 0.0375. The van der Waals surface area contributed by atoms with E-state index in [0.717, 1.165) is 49.1 Å². The molecule has 1 aromatic heterocycles. The number of nitrogens with one attached hydrogen (secondary N) is 2. The van der Waals surface area contributed by atoms with E-state index in [4.69, 9.17) is 4.98 Å². The van der Waals surface area contributed by atoms with Crippen LogP contribution in [0, 0.1) is 22.7 Å². The molecule has 2 amide bonds. The van der Waals surface area contributed by atoms with Crippen LogP contribution in [0.25, 0.3) is 0 Å². The first-order valence-corrected chi connectivity index (χ1v) is 13.9. The molecule has 5 atom stereocenters. The first-order chi connectivity index (χ1) is 16.2. The maximum Gasteiger partial charge on any atom is 0.229 e. The maximum atomic E-state index is 13.2. The van der Waals surface area contributed by atoms with Crippen molar-refractivity contribution in [3.05, 3.63) is 10.6 Å². The predicted molar refractivity (Wildman–Crippen MR) is 132 cm³/mol. The van der Waals surface area contributed by atoms with Crippen LogP contribution in [0.1, 0.15) is 94.5 Å². The largest absolute Gasteiger partial charge is 0.396 e. The molecule has 8 heteroatoms. The number of aliphatic hydroxyl groups is 2. The number of rotatable bonds is 6. The van der Waals surface area contributed by atoms with Gasteiger partial charge in [0.1, 0.15) is 0 Å². The zero-order valence-corrected chi connectivity index (χ0v) is 21.3. The van der Waals surface area contributed by atoms with E-state index < -0.39 is 11.5 Å². The van der Waals surface area contributed by atoms with Crippen LogP contribution in [0.15, 0.2) is 0 Å². The second-order valence-electron chi connectivity index (χ2n) is 11.7. The molecule has 1 heterocycles. The summed E-state index contributed by atoms with van der Waals surface area (Å²) in [6, 6.07) is 0.266. The van der Waals surface area contributed by atoms with Crippen LogP contribution in [0.2, 0.25) is 0 Å². The molecule has 0 spiro atoms. The fourth-order valence-electron chi connectivity index (χ4n) is 7.12.